The number of amides is 1. The Morgan fingerprint density at radius 3 is 2.68 bits per heavy atom. The van der Waals surface area contributed by atoms with Crippen LogP contribution in [0.15, 0.2) is 29.3 Å². The highest BCUT2D eigenvalue weighted by Gasteiger charge is 2.32. The quantitative estimate of drug-likeness (QED) is 0.578. The van der Waals surface area contributed by atoms with Crippen LogP contribution in [-0.4, -0.2) is 62.3 Å². The number of aliphatic imine (C=N–C) groups is 1. The molecule has 2 unspecified atom stereocenters. The summed E-state index contributed by atoms with van der Waals surface area (Å²) in [5.41, 5.74) is 1.97. The van der Waals surface area contributed by atoms with Crippen molar-refractivity contribution in [2.24, 2.45) is 4.99 Å². The first-order valence-electron chi connectivity index (χ1n) is 10.3. The first-order valence-corrected chi connectivity index (χ1v) is 10.3. The van der Waals surface area contributed by atoms with Gasteiger partial charge in [0.15, 0.2) is 5.96 Å². The van der Waals surface area contributed by atoms with Crippen LogP contribution in [0.4, 0.5) is 5.69 Å². The van der Waals surface area contributed by atoms with Crippen molar-refractivity contribution in [2.75, 3.05) is 38.7 Å². The first kappa shape index (κ1) is 20.6. The Balaban J connectivity index is 1.50. The molecule has 1 amide bonds. The predicted molar refractivity (Wildman–Crippen MR) is 110 cm³/mol. The van der Waals surface area contributed by atoms with Crippen molar-refractivity contribution in [3.05, 3.63) is 29.8 Å². The smallest absolute Gasteiger partial charge is 0.224 e. The van der Waals surface area contributed by atoms with Crippen molar-refractivity contribution in [3.63, 3.8) is 0 Å². The molecule has 0 radical (unpaired) electrons. The lowest BCUT2D eigenvalue weighted by Crippen LogP contribution is -2.53. The molecule has 0 aromatic heterocycles. The Morgan fingerprint density at radius 1 is 1.21 bits per heavy atom. The van der Waals surface area contributed by atoms with E-state index in [0.717, 1.165) is 56.2 Å². The van der Waals surface area contributed by atoms with Gasteiger partial charge < -0.3 is 25.0 Å². The minimum Gasteiger partial charge on any atom is -0.375 e. The fraction of sp³-hybridized carbons (Fsp3) is 0.619. The maximum Gasteiger partial charge on any atom is 0.224 e. The molecule has 2 saturated heterocycles. The zero-order valence-electron chi connectivity index (χ0n) is 16.9. The number of anilines is 1. The molecule has 1 aromatic carbocycles. The molecule has 0 bridgehead atoms. The molecular formula is C21H32N4O3. The second-order valence-electron chi connectivity index (χ2n) is 7.30. The van der Waals surface area contributed by atoms with Gasteiger partial charge in [-0.1, -0.05) is 19.1 Å². The summed E-state index contributed by atoms with van der Waals surface area (Å²) in [5, 5.41) is 6.35. The van der Waals surface area contributed by atoms with Gasteiger partial charge in [-0.3, -0.25) is 9.79 Å². The molecular weight excluding hydrogens is 356 g/mol. The van der Waals surface area contributed by atoms with Gasteiger partial charge in [-0.2, -0.15) is 0 Å². The van der Waals surface area contributed by atoms with E-state index in [0.29, 0.717) is 19.6 Å². The summed E-state index contributed by atoms with van der Waals surface area (Å²) in [5.74, 6) is 0.938. The van der Waals surface area contributed by atoms with Gasteiger partial charge in [0, 0.05) is 45.4 Å². The first-order chi connectivity index (χ1) is 13.7. The normalized spacial score (nSPS) is 22.9. The number of benzene rings is 1. The van der Waals surface area contributed by atoms with E-state index in [-0.39, 0.29) is 18.1 Å². The summed E-state index contributed by atoms with van der Waals surface area (Å²) in [6, 6.07) is 7.93. The van der Waals surface area contributed by atoms with Crippen LogP contribution >= 0.6 is 0 Å². The van der Waals surface area contributed by atoms with E-state index in [1.165, 1.54) is 0 Å². The van der Waals surface area contributed by atoms with Crippen LogP contribution in [0, 0.1) is 0 Å². The van der Waals surface area contributed by atoms with Gasteiger partial charge in [0.2, 0.25) is 5.91 Å². The van der Waals surface area contributed by atoms with E-state index in [1.54, 1.807) is 0 Å². The van der Waals surface area contributed by atoms with Crippen LogP contribution < -0.4 is 10.6 Å². The number of guanidine groups is 1. The van der Waals surface area contributed by atoms with Crippen molar-refractivity contribution in [2.45, 2.75) is 51.4 Å². The third-order valence-electron chi connectivity index (χ3n) is 5.15. The van der Waals surface area contributed by atoms with Gasteiger partial charge >= 0.3 is 0 Å². The molecule has 7 nitrogen and oxygen atoms in total. The summed E-state index contributed by atoms with van der Waals surface area (Å²) in [4.78, 5) is 18.4. The minimum atomic E-state index is 0.0573. The topological polar surface area (TPSA) is 75.2 Å². The molecule has 0 saturated carbocycles. The summed E-state index contributed by atoms with van der Waals surface area (Å²) in [6.45, 7) is 5.83. The molecule has 28 heavy (non-hydrogen) atoms. The molecule has 7 heteroatoms. The lowest BCUT2D eigenvalue weighted by atomic mass is 10.1. The zero-order chi connectivity index (χ0) is 19.8. The van der Waals surface area contributed by atoms with E-state index in [2.05, 4.69) is 20.5 Å². The standard InChI is InChI=1S/C21H32N4O3/c1-3-5-20(26)24-17-9-7-16(8-10-17)14-23-21(22-2)25-11-13-28-19(15-25)18-6-4-12-27-18/h7-10,18-19H,3-6,11-15H2,1-2H3,(H,22,23)(H,24,26). The van der Waals surface area contributed by atoms with Gasteiger partial charge in [-0.15, -0.1) is 0 Å². The van der Waals surface area contributed by atoms with E-state index in [4.69, 9.17) is 9.47 Å². The van der Waals surface area contributed by atoms with Crippen molar-refractivity contribution >= 4 is 17.6 Å². The minimum absolute atomic E-state index is 0.0573. The van der Waals surface area contributed by atoms with Crippen LogP contribution in [-0.2, 0) is 20.8 Å². The molecule has 1 aromatic rings. The number of morpholine rings is 1. The molecule has 3 rings (SSSR count). The third kappa shape index (κ3) is 5.69. The zero-order valence-corrected chi connectivity index (χ0v) is 16.9. The summed E-state index contributed by atoms with van der Waals surface area (Å²) in [6.07, 6.45) is 3.91. The third-order valence-corrected chi connectivity index (χ3v) is 5.15. The van der Waals surface area contributed by atoms with E-state index in [1.807, 2.05) is 38.2 Å². The van der Waals surface area contributed by atoms with Crippen molar-refractivity contribution < 1.29 is 14.3 Å². The van der Waals surface area contributed by atoms with Crippen LogP contribution in [0.3, 0.4) is 0 Å². The average molecular weight is 389 g/mol. The van der Waals surface area contributed by atoms with Crippen LogP contribution in [0.25, 0.3) is 0 Å². The van der Waals surface area contributed by atoms with Gasteiger partial charge in [0.05, 0.1) is 12.7 Å². The lowest BCUT2D eigenvalue weighted by molar-refractivity contribution is -0.116. The van der Waals surface area contributed by atoms with E-state index >= 15 is 0 Å². The molecule has 2 atom stereocenters. The van der Waals surface area contributed by atoms with Crippen LogP contribution in [0.1, 0.15) is 38.2 Å². The number of carbonyl (C=O) groups excluding carboxylic acids is 1. The fourth-order valence-corrected chi connectivity index (χ4v) is 3.66. The lowest BCUT2D eigenvalue weighted by Gasteiger charge is -2.37. The average Bonchev–Trinajstić information content (AvgIpc) is 3.25. The van der Waals surface area contributed by atoms with Crippen LogP contribution in [0.5, 0.6) is 0 Å². The summed E-state index contributed by atoms with van der Waals surface area (Å²) in [7, 11) is 1.81. The van der Waals surface area contributed by atoms with Gasteiger partial charge in [0.25, 0.3) is 0 Å². The Labute approximate surface area is 167 Å². The molecule has 2 fully saturated rings. The largest absolute Gasteiger partial charge is 0.375 e. The monoisotopic (exact) mass is 388 g/mol. The molecule has 154 valence electrons. The Hall–Kier alpha value is -2.12. The highest BCUT2D eigenvalue weighted by atomic mass is 16.5. The second kappa shape index (κ2) is 10.4. The van der Waals surface area contributed by atoms with E-state index in [9.17, 15) is 4.79 Å². The van der Waals surface area contributed by atoms with Crippen molar-refractivity contribution in [3.8, 4) is 0 Å². The molecule has 0 spiro atoms. The van der Waals surface area contributed by atoms with Crippen molar-refractivity contribution in [1.29, 1.82) is 0 Å². The number of rotatable bonds is 6. The molecule has 2 heterocycles. The van der Waals surface area contributed by atoms with Crippen LogP contribution in [0.2, 0.25) is 0 Å². The Bertz CT molecular complexity index is 656. The Kier molecular flexibility index (Phi) is 7.68. The van der Waals surface area contributed by atoms with Gasteiger partial charge in [0.1, 0.15) is 6.10 Å². The maximum absolute atomic E-state index is 11.7. The summed E-state index contributed by atoms with van der Waals surface area (Å²) >= 11 is 0. The maximum atomic E-state index is 11.7. The second-order valence-corrected chi connectivity index (χ2v) is 7.30. The molecule has 2 aliphatic rings. The van der Waals surface area contributed by atoms with Gasteiger partial charge in [-0.25, -0.2) is 0 Å². The Morgan fingerprint density at radius 2 is 2.00 bits per heavy atom. The number of hydrogen-bond acceptors (Lipinski definition) is 4. The van der Waals surface area contributed by atoms with Gasteiger partial charge in [-0.05, 0) is 37.0 Å². The fourth-order valence-electron chi connectivity index (χ4n) is 3.66. The number of hydrogen-bond donors (Lipinski definition) is 2. The molecule has 2 N–H and O–H groups in total. The summed E-state index contributed by atoms with van der Waals surface area (Å²) < 4.78 is 11.7. The molecule has 0 aliphatic carbocycles. The predicted octanol–water partition coefficient (Wildman–Crippen LogP) is 2.38. The van der Waals surface area contributed by atoms with E-state index < -0.39 is 0 Å². The molecule has 2 aliphatic heterocycles. The highest BCUT2D eigenvalue weighted by molar-refractivity contribution is 5.90. The number of carbonyl (C=O) groups is 1. The van der Waals surface area contributed by atoms with Crippen molar-refractivity contribution in [1.82, 2.24) is 10.2 Å². The number of nitrogens with zero attached hydrogens (tertiary/aromatic N) is 2. The SMILES string of the molecule is CCCC(=O)Nc1ccc(CNC(=NC)N2CCOC(C3CCCO3)C2)cc1. The number of ether oxygens (including phenoxy) is 2. The highest BCUT2D eigenvalue weighted by Crippen LogP contribution is 2.21. The number of nitrogens with one attached hydrogen (secondary N) is 2.